The number of alkyl halides is 3. The minimum atomic E-state index is -4.98. The molecule has 0 aliphatic heterocycles. The van der Waals surface area contributed by atoms with Crippen molar-refractivity contribution in [3.05, 3.63) is 35.1 Å². The zero-order valence-corrected chi connectivity index (χ0v) is 8.65. The van der Waals surface area contributed by atoms with Crippen molar-refractivity contribution in [2.75, 3.05) is 0 Å². The number of hydrogen-bond donors (Lipinski definition) is 3. The molecule has 2 atom stereocenters. The van der Waals surface area contributed by atoms with E-state index in [-0.39, 0.29) is 6.07 Å². The normalized spacial score (nSPS) is 15.2. The van der Waals surface area contributed by atoms with E-state index in [1.54, 1.807) is 0 Å². The predicted octanol–water partition coefficient (Wildman–Crippen LogP) is 1.32. The third-order valence-electron chi connectivity index (χ3n) is 2.19. The van der Waals surface area contributed by atoms with E-state index in [2.05, 4.69) is 0 Å². The fourth-order valence-corrected chi connectivity index (χ4v) is 1.26. The molecule has 1 aromatic rings. The molecule has 3 N–H and O–H groups in total. The van der Waals surface area contributed by atoms with Crippen LogP contribution in [0.4, 0.5) is 17.6 Å². The Morgan fingerprint density at radius 2 is 1.78 bits per heavy atom. The summed E-state index contributed by atoms with van der Waals surface area (Å²) in [6, 6.07) is 1.46. The van der Waals surface area contributed by atoms with E-state index in [0.717, 1.165) is 6.07 Å². The highest BCUT2D eigenvalue weighted by molar-refractivity contribution is 5.73. The van der Waals surface area contributed by atoms with Crippen LogP contribution in [0.15, 0.2) is 18.2 Å². The zero-order chi connectivity index (χ0) is 14.1. The Hall–Kier alpha value is -1.67. The van der Waals surface area contributed by atoms with E-state index < -0.39 is 41.3 Å². The smallest absolute Gasteiger partial charge is 0.419 e. The highest BCUT2D eigenvalue weighted by atomic mass is 19.4. The monoisotopic (exact) mass is 268 g/mol. The second-order valence-corrected chi connectivity index (χ2v) is 3.46. The molecule has 0 heterocycles. The first-order chi connectivity index (χ1) is 8.14. The second kappa shape index (κ2) is 4.91. The molecule has 0 radical (unpaired) electrons. The van der Waals surface area contributed by atoms with E-state index >= 15 is 0 Å². The topological polar surface area (TPSA) is 77.8 Å². The highest BCUT2D eigenvalue weighted by Crippen LogP contribution is 2.33. The van der Waals surface area contributed by atoms with Gasteiger partial charge in [-0.05, 0) is 17.7 Å². The summed E-state index contributed by atoms with van der Waals surface area (Å²) in [7, 11) is 0. The van der Waals surface area contributed by atoms with Crippen molar-refractivity contribution >= 4 is 5.97 Å². The molecule has 0 aromatic heterocycles. The van der Waals surface area contributed by atoms with Crippen LogP contribution in [0.5, 0.6) is 0 Å². The van der Waals surface area contributed by atoms with E-state index in [4.69, 9.17) is 10.2 Å². The van der Waals surface area contributed by atoms with Crippen LogP contribution >= 0.6 is 0 Å². The lowest BCUT2D eigenvalue weighted by atomic mass is 10.0. The summed E-state index contributed by atoms with van der Waals surface area (Å²) in [5.74, 6) is -3.36. The number of hydrogen-bond acceptors (Lipinski definition) is 3. The number of carboxylic acids is 1. The number of carboxylic acid groups (broad SMARTS) is 1. The second-order valence-electron chi connectivity index (χ2n) is 3.46. The summed E-state index contributed by atoms with van der Waals surface area (Å²) >= 11 is 0. The summed E-state index contributed by atoms with van der Waals surface area (Å²) in [6.45, 7) is 0. The van der Waals surface area contributed by atoms with Crippen LogP contribution in [0.3, 0.4) is 0 Å². The van der Waals surface area contributed by atoms with E-state index in [0.29, 0.717) is 6.07 Å². The molecule has 1 aromatic carbocycles. The zero-order valence-electron chi connectivity index (χ0n) is 8.65. The van der Waals surface area contributed by atoms with E-state index in [1.165, 1.54) is 0 Å². The lowest BCUT2D eigenvalue weighted by molar-refractivity contribution is -0.153. The van der Waals surface area contributed by atoms with Gasteiger partial charge in [0.2, 0.25) is 0 Å². The van der Waals surface area contributed by atoms with Gasteiger partial charge >= 0.3 is 12.1 Å². The van der Waals surface area contributed by atoms with Gasteiger partial charge < -0.3 is 15.3 Å². The van der Waals surface area contributed by atoms with Crippen LogP contribution < -0.4 is 0 Å². The Balaban J connectivity index is 3.17. The molecule has 100 valence electrons. The maximum Gasteiger partial charge on any atom is 0.419 e. The molecule has 0 fully saturated rings. The molecular weight excluding hydrogens is 260 g/mol. The van der Waals surface area contributed by atoms with E-state index in [9.17, 15) is 27.5 Å². The van der Waals surface area contributed by atoms with Crippen LogP contribution in [-0.2, 0) is 11.0 Å². The van der Waals surface area contributed by atoms with Crippen molar-refractivity contribution in [3.63, 3.8) is 0 Å². The van der Waals surface area contributed by atoms with Crippen molar-refractivity contribution in [1.29, 1.82) is 0 Å². The highest BCUT2D eigenvalue weighted by Gasteiger charge is 2.35. The minimum absolute atomic E-state index is 0.256. The fraction of sp³-hybridized carbons (Fsp3) is 0.300. The fourth-order valence-electron chi connectivity index (χ4n) is 1.26. The van der Waals surface area contributed by atoms with Gasteiger partial charge in [0.05, 0.1) is 5.56 Å². The SMILES string of the molecule is O=C(O)C(O)C(O)c1ccc(F)c(C(F)(F)F)c1. The Morgan fingerprint density at radius 3 is 2.22 bits per heavy atom. The minimum Gasteiger partial charge on any atom is -0.479 e. The van der Waals surface area contributed by atoms with Gasteiger partial charge in [0.25, 0.3) is 0 Å². The van der Waals surface area contributed by atoms with Gasteiger partial charge in [0.15, 0.2) is 6.10 Å². The summed E-state index contributed by atoms with van der Waals surface area (Å²) in [6.07, 6.45) is -9.35. The molecule has 0 spiro atoms. The number of aliphatic carboxylic acids is 1. The van der Waals surface area contributed by atoms with Crippen LogP contribution in [0, 0.1) is 5.82 Å². The standard InChI is InChI=1S/C10H8F4O4/c11-6-2-1-4(3-5(6)10(12,13)14)7(15)8(16)9(17)18/h1-3,7-8,15-16H,(H,17,18). The number of benzene rings is 1. The van der Waals surface area contributed by atoms with Crippen molar-refractivity contribution in [2.45, 2.75) is 18.4 Å². The Kier molecular flexibility index (Phi) is 3.92. The molecular formula is C10H8F4O4. The lowest BCUT2D eigenvalue weighted by Gasteiger charge is -2.16. The lowest BCUT2D eigenvalue weighted by Crippen LogP contribution is -2.27. The third kappa shape index (κ3) is 2.96. The number of halogens is 4. The van der Waals surface area contributed by atoms with Crippen molar-refractivity contribution < 1.29 is 37.7 Å². The number of carbonyl (C=O) groups is 1. The third-order valence-corrected chi connectivity index (χ3v) is 2.19. The number of aliphatic hydroxyl groups excluding tert-OH is 2. The largest absolute Gasteiger partial charge is 0.479 e. The molecule has 8 heteroatoms. The Bertz CT molecular complexity index is 458. The van der Waals surface area contributed by atoms with Crippen LogP contribution in [0.1, 0.15) is 17.2 Å². The maximum absolute atomic E-state index is 12.9. The van der Waals surface area contributed by atoms with Crippen LogP contribution in [-0.4, -0.2) is 27.4 Å². The Morgan fingerprint density at radius 1 is 1.22 bits per heavy atom. The summed E-state index contributed by atoms with van der Waals surface area (Å²) in [5.41, 5.74) is -2.18. The molecule has 18 heavy (non-hydrogen) atoms. The average molecular weight is 268 g/mol. The van der Waals surface area contributed by atoms with Gasteiger partial charge in [0, 0.05) is 0 Å². The predicted molar refractivity (Wildman–Crippen MR) is 50.0 cm³/mol. The molecule has 1 rings (SSSR count). The molecule has 2 unspecified atom stereocenters. The van der Waals surface area contributed by atoms with Gasteiger partial charge in [0.1, 0.15) is 11.9 Å². The summed E-state index contributed by atoms with van der Waals surface area (Å²) in [4.78, 5) is 10.4. The van der Waals surface area contributed by atoms with Crippen LogP contribution in [0.2, 0.25) is 0 Å². The molecule has 0 saturated heterocycles. The maximum atomic E-state index is 12.9. The molecule has 0 bridgehead atoms. The first-order valence-corrected chi connectivity index (χ1v) is 4.60. The quantitative estimate of drug-likeness (QED) is 0.722. The summed E-state index contributed by atoms with van der Waals surface area (Å²) in [5, 5.41) is 26.7. The number of aliphatic hydroxyl groups is 2. The van der Waals surface area contributed by atoms with Gasteiger partial charge in [-0.1, -0.05) is 6.07 Å². The van der Waals surface area contributed by atoms with Crippen molar-refractivity contribution in [3.8, 4) is 0 Å². The Labute approximate surface area is 98.1 Å². The van der Waals surface area contributed by atoms with Crippen molar-refractivity contribution in [1.82, 2.24) is 0 Å². The van der Waals surface area contributed by atoms with Gasteiger partial charge in [-0.3, -0.25) is 0 Å². The first-order valence-electron chi connectivity index (χ1n) is 4.60. The first kappa shape index (κ1) is 14.4. The molecule has 0 saturated carbocycles. The van der Waals surface area contributed by atoms with Crippen molar-refractivity contribution in [2.24, 2.45) is 0 Å². The molecule has 4 nitrogen and oxygen atoms in total. The van der Waals surface area contributed by atoms with Gasteiger partial charge in [-0.25, -0.2) is 9.18 Å². The van der Waals surface area contributed by atoms with Gasteiger partial charge in [-0.2, -0.15) is 13.2 Å². The molecule has 0 aliphatic carbocycles. The van der Waals surface area contributed by atoms with Gasteiger partial charge in [-0.15, -0.1) is 0 Å². The summed E-state index contributed by atoms with van der Waals surface area (Å²) < 4.78 is 50.0. The molecule has 0 amide bonds. The average Bonchev–Trinajstić information content (AvgIpc) is 2.26. The number of rotatable bonds is 3. The van der Waals surface area contributed by atoms with Crippen LogP contribution in [0.25, 0.3) is 0 Å². The van der Waals surface area contributed by atoms with E-state index in [1.807, 2.05) is 0 Å². The molecule has 0 aliphatic rings.